The highest BCUT2D eigenvalue weighted by molar-refractivity contribution is 5.96. The lowest BCUT2D eigenvalue weighted by atomic mass is 10.2. The third kappa shape index (κ3) is 4.27. The van der Waals surface area contributed by atoms with Gasteiger partial charge >= 0.3 is 0 Å². The fraction of sp³-hybridized carbons (Fsp3) is 0.0952. The highest BCUT2D eigenvalue weighted by atomic mass is 16.3. The molecular weight excluding hydrogens is 372 g/mol. The predicted octanol–water partition coefficient (Wildman–Crippen LogP) is 2.77. The molecule has 8 heteroatoms. The van der Waals surface area contributed by atoms with Crippen molar-refractivity contribution >= 4 is 11.8 Å². The van der Waals surface area contributed by atoms with E-state index in [9.17, 15) is 9.59 Å². The molecule has 29 heavy (non-hydrogen) atoms. The van der Waals surface area contributed by atoms with Crippen LogP contribution in [0.4, 0.5) is 0 Å². The molecule has 0 spiro atoms. The largest absolute Gasteiger partial charge is 0.467 e. The first-order chi connectivity index (χ1) is 14.2. The van der Waals surface area contributed by atoms with Gasteiger partial charge in [-0.2, -0.15) is 5.10 Å². The number of aromatic nitrogens is 2. The van der Waals surface area contributed by atoms with Gasteiger partial charge in [-0.15, -0.1) is 0 Å². The zero-order valence-electron chi connectivity index (χ0n) is 15.4. The topological polar surface area (TPSA) is 102 Å². The number of carbonyl (C=O) groups excluding carboxylic acids is 2. The van der Waals surface area contributed by atoms with Gasteiger partial charge in [-0.05, 0) is 36.4 Å². The average molecular weight is 390 g/mol. The van der Waals surface area contributed by atoms with Gasteiger partial charge < -0.3 is 19.5 Å². The highest BCUT2D eigenvalue weighted by Gasteiger charge is 2.19. The van der Waals surface area contributed by atoms with Crippen LogP contribution in [-0.2, 0) is 11.3 Å². The fourth-order valence-corrected chi connectivity index (χ4v) is 2.77. The maximum atomic E-state index is 12.8. The maximum Gasteiger partial charge on any atom is 0.270 e. The summed E-state index contributed by atoms with van der Waals surface area (Å²) in [6, 6.07) is 17.9. The van der Waals surface area contributed by atoms with Crippen molar-refractivity contribution in [1.29, 1.82) is 0 Å². The standard InChI is InChI=1S/C21H18N4O4/c26-20(22-13-16-8-4-10-28-16)14-23-21(27)18-12-17(19-9-5-11-29-19)24-25(18)15-6-2-1-3-7-15/h1-12H,13-14H2,(H,22,26)(H,23,27). The molecular formula is C21H18N4O4. The molecule has 0 aliphatic carbocycles. The Morgan fingerprint density at radius 1 is 0.931 bits per heavy atom. The molecule has 0 saturated heterocycles. The number of nitrogens with zero attached hydrogens (tertiary/aromatic N) is 2. The Kier molecular flexibility index (Phi) is 5.24. The summed E-state index contributed by atoms with van der Waals surface area (Å²) in [6.45, 7) is 0.0852. The Balaban J connectivity index is 1.49. The van der Waals surface area contributed by atoms with E-state index in [0.717, 1.165) is 5.69 Å². The van der Waals surface area contributed by atoms with E-state index < -0.39 is 5.91 Å². The molecule has 3 aromatic heterocycles. The summed E-state index contributed by atoms with van der Waals surface area (Å²) >= 11 is 0. The van der Waals surface area contributed by atoms with Gasteiger partial charge in [-0.3, -0.25) is 9.59 Å². The second-order valence-corrected chi connectivity index (χ2v) is 6.18. The minimum absolute atomic E-state index is 0.171. The Morgan fingerprint density at radius 2 is 1.72 bits per heavy atom. The van der Waals surface area contributed by atoms with Crippen LogP contribution in [0.2, 0.25) is 0 Å². The fourth-order valence-electron chi connectivity index (χ4n) is 2.77. The van der Waals surface area contributed by atoms with Crippen LogP contribution in [0.3, 0.4) is 0 Å². The van der Waals surface area contributed by atoms with E-state index in [-0.39, 0.29) is 19.0 Å². The second-order valence-electron chi connectivity index (χ2n) is 6.18. The Labute approximate surface area is 166 Å². The molecule has 0 fully saturated rings. The van der Waals surface area contributed by atoms with Crippen molar-refractivity contribution in [2.75, 3.05) is 6.54 Å². The van der Waals surface area contributed by atoms with Gasteiger partial charge in [0.25, 0.3) is 5.91 Å². The quantitative estimate of drug-likeness (QED) is 0.505. The molecule has 4 rings (SSSR count). The number of rotatable bonds is 7. The summed E-state index contributed by atoms with van der Waals surface area (Å²) in [5.74, 6) is 0.430. The Bertz CT molecular complexity index is 1080. The van der Waals surface area contributed by atoms with Gasteiger partial charge in [-0.1, -0.05) is 18.2 Å². The van der Waals surface area contributed by atoms with Crippen molar-refractivity contribution in [1.82, 2.24) is 20.4 Å². The van der Waals surface area contributed by atoms with E-state index in [1.807, 2.05) is 30.3 Å². The van der Waals surface area contributed by atoms with Crippen LogP contribution in [0.25, 0.3) is 17.1 Å². The first-order valence-corrected chi connectivity index (χ1v) is 8.97. The van der Waals surface area contributed by atoms with Crippen molar-refractivity contribution < 1.29 is 18.4 Å². The lowest BCUT2D eigenvalue weighted by Gasteiger charge is -2.08. The summed E-state index contributed by atoms with van der Waals surface area (Å²) in [4.78, 5) is 24.8. The minimum atomic E-state index is -0.424. The maximum absolute atomic E-state index is 12.8. The normalized spacial score (nSPS) is 10.6. The summed E-state index contributed by atoms with van der Waals surface area (Å²) in [7, 11) is 0. The molecule has 0 aliphatic heterocycles. The first kappa shape index (κ1) is 18.3. The van der Waals surface area contributed by atoms with E-state index in [1.165, 1.54) is 10.9 Å². The van der Waals surface area contributed by atoms with Gasteiger partial charge in [0.1, 0.15) is 17.1 Å². The number of carbonyl (C=O) groups is 2. The SMILES string of the molecule is O=C(CNC(=O)c1cc(-c2ccco2)nn1-c1ccccc1)NCc1ccco1. The molecule has 1 aromatic carbocycles. The van der Waals surface area contributed by atoms with E-state index in [1.54, 1.807) is 36.6 Å². The molecule has 2 amide bonds. The van der Waals surface area contributed by atoms with Gasteiger partial charge in [0.05, 0.1) is 31.3 Å². The third-order valence-electron chi connectivity index (χ3n) is 4.17. The van der Waals surface area contributed by atoms with Gasteiger partial charge in [0.15, 0.2) is 5.76 Å². The molecule has 0 atom stereocenters. The van der Waals surface area contributed by atoms with Crippen molar-refractivity contribution in [3.05, 3.63) is 84.6 Å². The van der Waals surface area contributed by atoms with Crippen molar-refractivity contribution in [3.63, 3.8) is 0 Å². The Morgan fingerprint density at radius 3 is 2.45 bits per heavy atom. The molecule has 146 valence electrons. The number of furan rings is 2. The van der Waals surface area contributed by atoms with Crippen molar-refractivity contribution in [2.24, 2.45) is 0 Å². The minimum Gasteiger partial charge on any atom is -0.467 e. The Hall–Kier alpha value is -4.07. The average Bonchev–Trinajstić information content (AvgIpc) is 3.51. The zero-order chi connectivity index (χ0) is 20.1. The van der Waals surface area contributed by atoms with Crippen LogP contribution in [0.1, 0.15) is 16.2 Å². The van der Waals surface area contributed by atoms with Crippen LogP contribution in [-0.4, -0.2) is 28.1 Å². The number of hydrogen-bond acceptors (Lipinski definition) is 5. The van der Waals surface area contributed by atoms with Gasteiger partial charge in [0, 0.05) is 6.07 Å². The molecule has 0 radical (unpaired) electrons. The van der Waals surface area contributed by atoms with Crippen LogP contribution in [0.15, 0.2) is 82.0 Å². The third-order valence-corrected chi connectivity index (χ3v) is 4.17. The molecule has 0 saturated carbocycles. The van der Waals surface area contributed by atoms with Crippen molar-refractivity contribution in [2.45, 2.75) is 6.54 Å². The molecule has 0 bridgehead atoms. The van der Waals surface area contributed by atoms with Crippen LogP contribution in [0.5, 0.6) is 0 Å². The number of para-hydroxylation sites is 1. The lowest BCUT2D eigenvalue weighted by molar-refractivity contribution is -0.120. The molecule has 0 aliphatic rings. The van der Waals surface area contributed by atoms with Gasteiger partial charge in [0.2, 0.25) is 5.91 Å². The van der Waals surface area contributed by atoms with Crippen LogP contribution >= 0.6 is 0 Å². The number of hydrogen-bond donors (Lipinski definition) is 2. The number of amides is 2. The second kappa shape index (κ2) is 8.30. The van der Waals surface area contributed by atoms with Crippen LogP contribution < -0.4 is 10.6 Å². The molecule has 2 N–H and O–H groups in total. The highest BCUT2D eigenvalue weighted by Crippen LogP contribution is 2.22. The van der Waals surface area contributed by atoms with E-state index >= 15 is 0 Å². The molecule has 4 aromatic rings. The lowest BCUT2D eigenvalue weighted by Crippen LogP contribution is -2.37. The van der Waals surface area contributed by atoms with E-state index in [2.05, 4.69) is 15.7 Å². The first-order valence-electron chi connectivity index (χ1n) is 8.97. The molecule has 8 nitrogen and oxygen atoms in total. The smallest absolute Gasteiger partial charge is 0.270 e. The van der Waals surface area contributed by atoms with E-state index in [0.29, 0.717) is 22.9 Å². The predicted molar refractivity (Wildman–Crippen MR) is 104 cm³/mol. The van der Waals surface area contributed by atoms with E-state index in [4.69, 9.17) is 8.83 Å². The summed E-state index contributed by atoms with van der Waals surface area (Å²) in [5, 5.41) is 9.80. The monoisotopic (exact) mass is 390 g/mol. The van der Waals surface area contributed by atoms with Gasteiger partial charge in [-0.25, -0.2) is 4.68 Å². The zero-order valence-corrected chi connectivity index (χ0v) is 15.4. The summed E-state index contributed by atoms with van der Waals surface area (Å²) in [6.07, 6.45) is 3.07. The molecule has 3 heterocycles. The van der Waals surface area contributed by atoms with Crippen LogP contribution in [0, 0.1) is 0 Å². The summed E-state index contributed by atoms with van der Waals surface area (Å²) in [5.41, 5.74) is 1.53. The molecule has 0 unspecified atom stereocenters. The number of benzene rings is 1. The van der Waals surface area contributed by atoms with Crippen molar-refractivity contribution in [3.8, 4) is 17.1 Å². The summed E-state index contributed by atoms with van der Waals surface area (Å²) < 4.78 is 12.1. The number of nitrogens with one attached hydrogen (secondary N) is 2.